The number of nitrogens with one attached hydrogen (secondary N) is 2. The van der Waals surface area contributed by atoms with Crippen LogP contribution in [0.3, 0.4) is 0 Å². The topological polar surface area (TPSA) is 76.0 Å². The van der Waals surface area contributed by atoms with Crippen LogP contribution in [0.5, 0.6) is 0 Å². The highest BCUT2D eigenvalue weighted by molar-refractivity contribution is 5.94. The summed E-state index contributed by atoms with van der Waals surface area (Å²) in [5, 5.41) is 6.02. The molecule has 0 saturated carbocycles. The van der Waals surface area contributed by atoms with Gasteiger partial charge in [-0.05, 0) is 73.2 Å². The highest BCUT2D eigenvalue weighted by Gasteiger charge is 2.15. The summed E-state index contributed by atoms with van der Waals surface area (Å²) in [5.41, 5.74) is 6.04. The number of imidazole rings is 1. The Hall–Kier alpha value is -3.93. The molecule has 34 heavy (non-hydrogen) atoms. The number of amides is 2. The number of para-hydroxylation sites is 2. The molecule has 4 aromatic rings. The summed E-state index contributed by atoms with van der Waals surface area (Å²) in [6, 6.07) is 23.3. The molecule has 0 aliphatic heterocycles. The molecule has 1 heterocycles. The average molecular weight is 453 g/mol. The van der Waals surface area contributed by atoms with E-state index in [2.05, 4.69) is 22.8 Å². The molecule has 172 valence electrons. The van der Waals surface area contributed by atoms with E-state index in [0.29, 0.717) is 18.5 Å². The minimum Gasteiger partial charge on any atom is -0.352 e. The number of anilines is 1. The fourth-order valence-corrected chi connectivity index (χ4v) is 4.63. The largest absolute Gasteiger partial charge is 0.352 e. The molecular formula is C28H28N4O2. The van der Waals surface area contributed by atoms with Gasteiger partial charge in [0.15, 0.2) is 0 Å². The van der Waals surface area contributed by atoms with Gasteiger partial charge in [0.25, 0.3) is 5.91 Å². The molecule has 6 heteroatoms. The van der Waals surface area contributed by atoms with Crippen molar-refractivity contribution in [2.24, 2.45) is 0 Å². The number of aromatic nitrogens is 2. The molecule has 0 spiro atoms. The molecule has 6 nitrogen and oxygen atoms in total. The maximum atomic E-state index is 12.9. The molecule has 0 saturated heterocycles. The molecule has 1 aromatic heterocycles. The van der Waals surface area contributed by atoms with Crippen LogP contribution in [0.4, 0.5) is 5.69 Å². The number of aryl methyl sites for hydroxylation is 3. The van der Waals surface area contributed by atoms with Gasteiger partial charge in [-0.25, -0.2) is 4.98 Å². The molecule has 3 aromatic carbocycles. The molecule has 1 aliphatic rings. The van der Waals surface area contributed by atoms with Crippen molar-refractivity contribution in [2.45, 2.75) is 38.6 Å². The van der Waals surface area contributed by atoms with Crippen molar-refractivity contribution < 1.29 is 9.59 Å². The van der Waals surface area contributed by atoms with Gasteiger partial charge < -0.3 is 15.2 Å². The van der Waals surface area contributed by atoms with Crippen LogP contribution in [-0.4, -0.2) is 27.9 Å². The predicted octanol–water partition coefficient (Wildman–Crippen LogP) is 4.53. The molecule has 0 fully saturated rings. The number of carbonyl (C=O) groups excluding carboxylic acids is 2. The van der Waals surface area contributed by atoms with E-state index in [0.717, 1.165) is 41.8 Å². The Morgan fingerprint density at radius 2 is 1.71 bits per heavy atom. The third-order valence-electron chi connectivity index (χ3n) is 6.32. The van der Waals surface area contributed by atoms with Crippen LogP contribution in [0.1, 0.15) is 40.2 Å². The minimum absolute atomic E-state index is 0.0697. The van der Waals surface area contributed by atoms with Crippen molar-refractivity contribution in [2.75, 3.05) is 11.9 Å². The first kappa shape index (κ1) is 21.9. The number of rotatable bonds is 8. The first-order chi connectivity index (χ1) is 16.7. The van der Waals surface area contributed by atoms with Crippen molar-refractivity contribution in [1.29, 1.82) is 0 Å². The normalized spacial score (nSPS) is 12.5. The summed E-state index contributed by atoms with van der Waals surface area (Å²) in [6.07, 6.45) is 4.78. The molecule has 0 radical (unpaired) electrons. The van der Waals surface area contributed by atoms with E-state index in [9.17, 15) is 9.59 Å². The number of hydrogen-bond acceptors (Lipinski definition) is 3. The summed E-state index contributed by atoms with van der Waals surface area (Å²) in [7, 11) is 0. The van der Waals surface area contributed by atoms with Crippen molar-refractivity contribution in [3.8, 4) is 0 Å². The monoisotopic (exact) mass is 452 g/mol. The summed E-state index contributed by atoms with van der Waals surface area (Å²) < 4.78 is 1.98. The van der Waals surface area contributed by atoms with Gasteiger partial charge in [0, 0.05) is 24.2 Å². The Kier molecular flexibility index (Phi) is 6.38. The Bertz CT molecular complexity index is 1330. The summed E-state index contributed by atoms with van der Waals surface area (Å²) in [4.78, 5) is 30.0. The minimum atomic E-state index is -0.0807. The maximum absolute atomic E-state index is 12.9. The second kappa shape index (κ2) is 9.91. The summed E-state index contributed by atoms with van der Waals surface area (Å²) in [6.45, 7) is 0.738. The molecule has 2 N–H and O–H groups in total. The van der Waals surface area contributed by atoms with E-state index < -0.39 is 0 Å². The molecule has 0 bridgehead atoms. The summed E-state index contributed by atoms with van der Waals surface area (Å²) >= 11 is 0. The van der Waals surface area contributed by atoms with E-state index >= 15 is 0 Å². The summed E-state index contributed by atoms with van der Waals surface area (Å²) in [5.74, 6) is 0.696. The number of fused-ring (bicyclic) bond motifs is 2. The zero-order valence-corrected chi connectivity index (χ0v) is 19.1. The molecular weight excluding hydrogens is 424 g/mol. The molecule has 1 aliphatic carbocycles. The SMILES string of the molecule is O=C(Cn1c(CCCNC(=O)c2ccccc2)nc2ccccc21)Nc1ccc2c(c1)CCC2. The maximum Gasteiger partial charge on any atom is 0.251 e. The van der Waals surface area contributed by atoms with Crippen LogP contribution >= 0.6 is 0 Å². The van der Waals surface area contributed by atoms with Crippen LogP contribution in [-0.2, 0) is 30.6 Å². The van der Waals surface area contributed by atoms with Gasteiger partial charge in [-0.15, -0.1) is 0 Å². The van der Waals surface area contributed by atoms with Crippen LogP contribution in [0.25, 0.3) is 11.0 Å². The quantitative estimate of drug-likeness (QED) is 0.386. The van der Waals surface area contributed by atoms with Gasteiger partial charge >= 0.3 is 0 Å². The molecule has 2 amide bonds. The van der Waals surface area contributed by atoms with Crippen LogP contribution in [0, 0.1) is 0 Å². The second-order valence-electron chi connectivity index (χ2n) is 8.71. The van der Waals surface area contributed by atoms with E-state index in [1.165, 1.54) is 17.5 Å². The smallest absolute Gasteiger partial charge is 0.251 e. The van der Waals surface area contributed by atoms with Gasteiger partial charge in [0.1, 0.15) is 12.4 Å². The zero-order valence-electron chi connectivity index (χ0n) is 19.1. The highest BCUT2D eigenvalue weighted by atomic mass is 16.2. The Morgan fingerprint density at radius 1 is 0.912 bits per heavy atom. The molecule has 5 rings (SSSR count). The first-order valence-electron chi connectivity index (χ1n) is 11.9. The molecule has 0 atom stereocenters. The molecule has 0 unspecified atom stereocenters. The Morgan fingerprint density at radius 3 is 2.59 bits per heavy atom. The van der Waals surface area contributed by atoms with E-state index in [-0.39, 0.29) is 18.4 Å². The lowest BCUT2D eigenvalue weighted by atomic mass is 10.1. The lowest BCUT2D eigenvalue weighted by Gasteiger charge is -2.11. The van der Waals surface area contributed by atoms with Crippen molar-refractivity contribution >= 4 is 28.5 Å². The predicted molar refractivity (Wildman–Crippen MR) is 134 cm³/mol. The van der Waals surface area contributed by atoms with Gasteiger partial charge in [-0.1, -0.05) is 36.4 Å². The lowest BCUT2D eigenvalue weighted by Crippen LogP contribution is -2.25. The van der Waals surface area contributed by atoms with Crippen molar-refractivity contribution in [1.82, 2.24) is 14.9 Å². The second-order valence-corrected chi connectivity index (χ2v) is 8.71. The van der Waals surface area contributed by atoms with Crippen molar-refractivity contribution in [3.05, 3.63) is 95.3 Å². The van der Waals surface area contributed by atoms with Crippen LogP contribution < -0.4 is 10.6 Å². The van der Waals surface area contributed by atoms with Crippen LogP contribution in [0.15, 0.2) is 72.8 Å². The number of nitrogens with zero attached hydrogens (tertiary/aromatic N) is 2. The fourth-order valence-electron chi connectivity index (χ4n) is 4.63. The average Bonchev–Trinajstić information content (AvgIpc) is 3.46. The number of hydrogen-bond donors (Lipinski definition) is 2. The number of benzene rings is 3. The van der Waals surface area contributed by atoms with E-state index in [1.54, 1.807) is 12.1 Å². The van der Waals surface area contributed by atoms with Gasteiger partial charge in [-0.3, -0.25) is 9.59 Å². The van der Waals surface area contributed by atoms with E-state index in [4.69, 9.17) is 4.98 Å². The Labute approximate surface area is 199 Å². The van der Waals surface area contributed by atoms with Crippen molar-refractivity contribution in [3.63, 3.8) is 0 Å². The lowest BCUT2D eigenvalue weighted by molar-refractivity contribution is -0.116. The zero-order chi connectivity index (χ0) is 23.3. The van der Waals surface area contributed by atoms with E-state index in [1.807, 2.05) is 53.1 Å². The fraction of sp³-hybridized carbons (Fsp3) is 0.250. The third kappa shape index (κ3) is 4.86. The standard InChI is InChI=1S/C28H28N4O2/c33-27(30-23-16-15-20-10-6-11-22(20)18-23)19-32-25-13-5-4-12-24(25)31-26(32)14-7-17-29-28(34)21-8-2-1-3-9-21/h1-5,8-9,12-13,15-16,18H,6-7,10-11,14,17,19H2,(H,29,34)(H,30,33). The van der Waals surface area contributed by atoms with Gasteiger partial charge in [0.05, 0.1) is 11.0 Å². The first-order valence-corrected chi connectivity index (χ1v) is 11.9. The highest BCUT2D eigenvalue weighted by Crippen LogP contribution is 2.25. The van der Waals surface area contributed by atoms with Gasteiger partial charge in [0.2, 0.25) is 5.91 Å². The van der Waals surface area contributed by atoms with Gasteiger partial charge in [-0.2, -0.15) is 0 Å². The number of carbonyl (C=O) groups is 2. The third-order valence-corrected chi connectivity index (χ3v) is 6.32. The van der Waals surface area contributed by atoms with Crippen LogP contribution in [0.2, 0.25) is 0 Å². The Balaban J connectivity index is 1.24.